The summed E-state index contributed by atoms with van der Waals surface area (Å²) in [5.74, 6) is -0.646. The number of hydrogen-bond acceptors (Lipinski definition) is 6. The summed E-state index contributed by atoms with van der Waals surface area (Å²) in [6.07, 6.45) is 1.70. The molecule has 1 aromatic carbocycles. The molecule has 0 bridgehead atoms. The van der Waals surface area contributed by atoms with Crippen LogP contribution in [0.4, 0.5) is 0 Å². The Morgan fingerprint density at radius 3 is 2.83 bits per heavy atom. The molecule has 1 atom stereocenters. The number of carbonyl (C=O) groups is 1. The number of carbonyl (C=O) groups excluding carboxylic acids is 1. The Labute approximate surface area is 133 Å². The highest BCUT2D eigenvalue weighted by atomic mass is 16.6. The second kappa shape index (κ2) is 8.16. The zero-order chi connectivity index (χ0) is 16.7. The number of nitrogens with one attached hydrogen (secondary N) is 1. The predicted molar refractivity (Wildman–Crippen MR) is 84.2 cm³/mol. The summed E-state index contributed by atoms with van der Waals surface area (Å²) >= 11 is 0. The minimum atomic E-state index is -0.646. The van der Waals surface area contributed by atoms with Gasteiger partial charge in [0.1, 0.15) is 5.71 Å². The van der Waals surface area contributed by atoms with Crippen LogP contribution in [0.1, 0.15) is 12.0 Å². The van der Waals surface area contributed by atoms with Crippen molar-refractivity contribution in [2.75, 3.05) is 13.1 Å². The van der Waals surface area contributed by atoms with Gasteiger partial charge in [-0.3, -0.25) is 24.7 Å². The van der Waals surface area contributed by atoms with Crippen molar-refractivity contribution in [1.82, 2.24) is 5.48 Å². The monoisotopic (exact) mass is 318 g/mol. The molecule has 1 aliphatic heterocycles. The van der Waals surface area contributed by atoms with Gasteiger partial charge in [0.05, 0.1) is 19.2 Å². The van der Waals surface area contributed by atoms with Crippen molar-refractivity contribution in [2.24, 2.45) is 10.7 Å². The third-order valence-electron chi connectivity index (χ3n) is 3.36. The molecule has 1 aromatic rings. The van der Waals surface area contributed by atoms with E-state index in [1.165, 1.54) is 6.08 Å². The lowest BCUT2D eigenvalue weighted by atomic mass is 9.99. The third kappa shape index (κ3) is 5.28. The number of benzene rings is 1. The van der Waals surface area contributed by atoms with Crippen LogP contribution >= 0.6 is 0 Å². The Hall–Kier alpha value is -2.58. The Kier molecular flexibility index (Phi) is 5.95. The number of dihydropyridines is 1. The second-order valence-corrected chi connectivity index (χ2v) is 5.06. The molecule has 0 saturated carbocycles. The van der Waals surface area contributed by atoms with Crippen molar-refractivity contribution in [1.29, 1.82) is 0 Å². The first-order chi connectivity index (χ1) is 11.1. The standard InChI is InChI=1S/C15H18N4O4/c16-15(20)13-8-12(6-7-19(21)22)14(9-17-13)18-23-10-11-4-2-1-3-5-11/h1-5,8,14,18H,6-7,9-10H2,(H2,16,20). The lowest BCUT2D eigenvalue weighted by Gasteiger charge is -2.22. The summed E-state index contributed by atoms with van der Waals surface area (Å²) in [5, 5.41) is 10.6. The number of primary amides is 1. The molecule has 8 heteroatoms. The molecule has 0 saturated heterocycles. The van der Waals surface area contributed by atoms with Gasteiger partial charge < -0.3 is 5.73 Å². The molecule has 1 heterocycles. The molecule has 8 nitrogen and oxygen atoms in total. The summed E-state index contributed by atoms with van der Waals surface area (Å²) in [6, 6.07) is 9.26. The van der Waals surface area contributed by atoms with Crippen molar-refractivity contribution in [3.8, 4) is 0 Å². The topological polar surface area (TPSA) is 120 Å². The number of amides is 1. The van der Waals surface area contributed by atoms with Gasteiger partial charge >= 0.3 is 0 Å². The first kappa shape index (κ1) is 16.8. The maximum absolute atomic E-state index is 11.2. The average Bonchev–Trinajstić information content (AvgIpc) is 2.54. The van der Waals surface area contributed by atoms with Crippen LogP contribution < -0.4 is 11.2 Å². The van der Waals surface area contributed by atoms with Crippen molar-refractivity contribution in [3.63, 3.8) is 0 Å². The van der Waals surface area contributed by atoms with E-state index >= 15 is 0 Å². The van der Waals surface area contributed by atoms with Crippen LogP contribution in [0.2, 0.25) is 0 Å². The van der Waals surface area contributed by atoms with Gasteiger partial charge in [-0.1, -0.05) is 30.3 Å². The summed E-state index contributed by atoms with van der Waals surface area (Å²) in [6.45, 7) is 0.373. The third-order valence-corrected chi connectivity index (χ3v) is 3.36. The van der Waals surface area contributed by atoms with E-state index in [1.807, 2.05) is 30.3 Å². The first-order valence-corrected chi connectivity index (χ1v) is 7.14. The lowest BCUT2D eigenvalue weighted by molar-refractivity contribution is -0.479. The molecule has 1 aliphatic rings. The minimum Gasteiger partial charge on any atom is -0.364 e. The maximum atomic E-state index is 11.2. The van der Waals surface area contributed by atoms with Gasteiger partial charge in [0, 0.05) is 11.3 Å². The smallest absolute Gasteiger partial charge is 0.266 e. The second-order valence-electron chi connectivity index (χ2n) is 5.06. The van der Waals surface area contributed by atoms with Gasteiger partial charge in [-0.05, 0) is 17.2 Å². The van der Waals surface area contributed by atoms with E-state index < -0.39 is 10.8 Å². The largest absolute Gasteiger partial charge is 0.364 e. The minimum absolute atomic E-state index is 0.129. The van der Waals surface area contributed by atoms with Crippen LogP contribution in [0, 0.1) is 10.1 Å². The number of rotatable bonds is 8. The Morgan fingerprint density at radius 1 is 1.43 bits per heavy atom. The van der Waals surface area contributed by atoms with Crippen LogP contribution in [-0.4, -0.2) is 35.7 Å². The summed E-state index contributed by atoms with van der Waals surface area (Å²) in [5.41, 5.74) is 9.86. The Morgan fingerprint density at radius 2 is 2.17 bits per heavy atom. The molecular weight excluding hydrogens is 300 g/mol. The number of nitrogens with two attached hydrogens (primary N) is 1. The van der Waals surface area contributed by atoms with Gasteiger partial charge in [-0.2, -0.15) is 5.48 Å². The molecule has 0 spiro atoms. The van der Waals surface area contributed by atoms with Gasteiger partial charge in [0.15, 0.2) is 0 Å². The highest BCUT2D eigenvalue weighted by Gasteiger charge is 2.22. The molecule has 1 amide bonds. The van der Waals surface area contributed by atoms with Gasteiger partial charge in [0.2, 0.25) is 6.54 Å². The van der Waals surface area contributed by atoms with Crippen LogP contribution in [-0.2, 0) is 16.2 Å². The summed E-state index contributed by atoms with van der Waals surface area (Å²) < 4.78 is 0. The Bertz CT molecular complexity index is 628. The van der Waals surface area contributed by atoms with Gasteiger partial charge in [0.25, 0.3) is 5.91 Å². The molecule has 23 heavy (non-hydrogen) atoms. The fourth-order valence-corrected chi connectivity index (χ4v) is 2.16. The van der Waals surface area contributed by atoms with E-state index in [9.17, 15) is 14.9 Å². The first-order valence-electron chi connectivity index (χ1n) is 7.14. The highest BCUT2D eigenvalue weighted by molar-refractivity contribution is 6.43. The fourth-order valence-electron chi connectivity index (χ4n) is 2.16. The molecule has 0 fully saturated rings. The SMILES string of the molecule is NC(=O)C1=NCC(NOCc2ccccc2)C(CC[N+](=O)[O-])=C1. The van der Waals surface area contributed by atoms with Crippen LogP contribution in [0.3, 0.4) is 0 Å². The number of hydroxylamine groups is 1. The number of hydrogen-bond donors (Lipinski definition) is 2. The van der Waals surface area contributed by atoms with Crippen molar-refractivity contribution in [3.05, 3.63) is 57.7 Å². The molecule has 2 rings (SSSR count). The summed E-state index contributed by atoms with van der Waals surface area (Å²) in [4.78, 5) is 30.9. The normalized spacial score (nSPS) is 17.3. The van der Waals surface area contributed by atoms with E-state index in [0.29, 0.717) is 12.2 Å². The van der Waals surface area contributed by atoms with E-state index in [4.69, 9.17) is 10.6 Å². The fraction of sp³-hybridized carbons (Fsp3) is 0.333. The molecule has 1 unspecified atom stereocenters. The van der Waals surface area contributed by atoms with E-state index in [-0.39, 0.29) is 31.3 Å². The molecule has 122 valence electrons. The maximum Gasteiger partial charge on any atom is 0.266 e. The van der Waals surface area contributed by atoms with Crippen LogP contribution in [0.25, 0.3) is 0 Å². The summed E-state index contributed by atoms with van der Waals surface area (Å²) in [7, 11) is 0. The molecule has 3 N–H and O–H groups in total. The number of nitro groups is 1. The van der Waals surface area contributed by atoms with E-state index in [1.54, 1.807) is 0 Å². The van der Waals surface area contributed by atoms with Crippen LogP contribution in [0.15, 0.2) is 47.0 Å². The van der Waals surface area contributed by atoms with Crippen LogP contribution in [0.5, 0.6) is 0 Å². The zero-order valence-electron chi connectivity index (χ0n) is 12.5. The molecule has 0 radical (unpaired) electrons. The van der Waals surface area contributed by atoms with E-state index in [0.717, 1.165) is 5.56 Å². The van der Waals surface area contributed by atoms with Gasteiger partial charge in [-0.15, -0.1) is 0 Å². The molecular formula is C15H18N4O4. The average molecular weight is 318 g/mol. The van der Waals surface area contributed by atoms with Crippen molar-refractivity contribution in [2.45, 2.75) is 19.1 Å². The number of aliphatic imine (C=N–C) groups is 1. The van der Waals surface area contributed by atoms with Crippen molar-refractivity contribution < 1.29 is 14.6 Å². The lowest BCUT2D eigenvalue weighted by Crippen LogP contribution is -2.38. The van der Waals surface area contributed by atoms with Gasteiger partial charge in [-0.25, -0.2) is 0 Å². The zero-order valence-corrected chi connectivity index (χ0v) is 12.5. The quantitative estimate of drug-likeness (QED) is 0.537. The van der Waals surface area contributed by atoms with E-state index in [2.05, 4.69) is 10.5 Å². The van der Waals surface area contributed by atoms with Crippen molar-refractivity contribution >= 4 is 11.6 Å². The highest BCUT2D eigenvalue weighted by Crippen LogP contribution is 2.14. The number of nitrogens with zero attached hydrogens (tertiary/aromatic N) is 2. The predicted octanol–water partition coefficient (Wildman–Crippen LogP) is 0.610. The molecule has 0 aliphatic carbocycles. The molecule has 0 aromatic heterocycles. The Balaban J connectivity index is 1.94.